The van der Waals surface area contributed by atoms with Crippen LogP contribution in [0.25, 0.3) is 112 Å². The van der Waals surface area contributed by atoms with Crippen LogP contribution in [0.1, 0.15) is 0 Å². The van der Waals surface area contributed by atoms with Gasteiger partial charge < -0.3 is 4.42 Å². The number of hydrogen-bond donors (Lipinski definition) is 0. The van der Waals surface area contributed by atoms with Gasteiger partial charge in [0.25, 0.3) is 0 Å². The van der Waals surface area contributed by atoms with Crippen molar-refractivity contribution in [1.29, 1.82) is 0 Å². The van der Waals surface area contributed by atoms with Gasteiger partial charge in [-0.3, -0.25) is 0 Å². The summed E-state index contributed by atoms with van der Waals surface area (Å²) in [7, 11) is 0. The molecule has 286 valence electrons. The van der Waals surface area contributed by atoms with Crippen LogP contribution in [0.15, 0.2) is 229 Å². The van der Waals surface area contributed by atoms with Crippen LogP contribution in [0.4, 0.5) is 0 Å². The highest BCUT2D eigenvalue weighted by atomic mass is 16.3. The predicted molar refractivity (Wildman–Crippen MR) is 251 cm³/mol. The molecule has 0 bridgehead atoms. The Labute approximate surface area is 354 Å². The average molecular weight is 780 g/mol. The Morgan fingerprint density at radius 2 is 0.656 bits per heavy atom. The number of benzene rings is 9. The van der Waals surface area contributed by atoms with E-state index in [9.17, 15) is 0 Å². The van der Waals surface area contributed by atoms with Crippen LogP contribution in [0.5, 0.6) is 0 Å². The van der Waals surface area contributed by atoms with Crippen molar-refractivity contribution >= 4 is 21.9 Å². The van der Waals surface area contributed by atoms with Gasteiger partial charge >= 0.3 is 0 Å². The van der Waals surface area contributed by atoms with E-state index in [1.54, 1.807) is 0 Å². The lowest BCUT2D eigenvalue weighted by Crippen LogP contribution is -2.00. The quantitative estimate of drug-likeness (QED) is 0.154. The first kappa shape index (κ1) is 35.9. The zero-order valence-corrected chi connectivity index (χ0v) is 33.1. The van der Waals surface area contributed by atoms with Crippen LogP contribution in [0, 0.1) is 0 Å². The van der Waals surface area contributed by atoms with Gasteiger partial charge in [0.2, 0.25) is 0 Å². The highest BCUT2D eigenvalue weighted by Crippen LogP contribution is 2.41. The number of furan rings is 1. The fraction of sp³-hybridized carbons (Fsp3) is 0. The van der Waals surface area contributed by atoms with Gasteiger partial charge in [0.05, 0.1) is 0 Å². The summed E-state index contributed by atoms with van der Waals surface area (Å²) in [6, 6.07) is 78.1. The highest BCUT2D eigenvalue weighted by Gasteiger charge is 2.20. The van der Waals surface area contributed by atoms with E-state index in [1.807, 2.05) is 30.3 Å². The average Bonchev–Trinajstić information content (AvgIpc) is 3.74. The first-order chi connectivity index (χ1) is 30.2. The fourth-order valence-electron chi connectivity index (χ4n) is 8.28. The molecular formula is C57H37N3O. The zero-order chi connectivity index (χ0) is 40.5. The smallest absolute Gasteiger partial charge is 0.164 e. The van der Waals surface area contributed by atoms with Crippen molar-refractivity contribution in [2.75, 3.05) is 0 Å². The molecule has 0 saturated carbocycles. The molecule has 0 N–H and O–H groups in total. The van der Waals surface area contributed by atoms with E-state index >= 15 is 0 Å². The van der Waals surface area contributed by atoms with Gasteiger partial charge in [-0.25, -0.2) is 15.0 Å². The van der Waals surface area contributed by atoms with Crippen LogP contribution < -0.4 is 0 Å². The van der Waals surface area contributed by atoms with E-state index in [4.69, 9.17) is 19.4 Å². The summed E-state index contributed by atoms with van der Waals surface area (Å²) in [5.41, 5.74) is 15.6. The molecule has 0 aliphatic carbocycles. The lowest BCUT2D eigenvalue weighted by atomic mass is 9.98. The number of nitrogens with zero attached hydrogens (tertiary/aromatic N) is 3. The fourth-order valence-corrected chi connectivity index (χ4v) is 8.28. The van der Waals surface area contributed by atoms with Gasteiger partial charge in [-0.1, -0.05) is 206 Å². The Hall–Kier alpha value is -8.21. The molecule has 0 spiro atoms. The predicted octanol–water partition coefficient (Wildman–Crippen LogP) is 15.1. The first-order valence-electron chi connectivity index (χ1n) is 20.5. The molecule has 0 aliphatic heterocycles. The second-order valence-corrected chi connectivity index (χ2v) is 15.2. The molecule has 11 rings (SSSR count). The van der Waals surface area contributed by atoms with Crippen LogP contribution in [-0.4, -0.2) is 15.0 Å². The summed E-state index contributed by atoms with van der Waals surface area (Å²) < 4.78 is 6.73. The summed E-state index contributed by atoms with van der Waals surface area (Å²) in [6.07, 6.45) is 0. The molecule has 4 nitrogen and oxygen atoms in total. The van der Waals surface area contributed by atoms with Crippen LogP contribution >= 0.6 is 0 Å². The van der Waals surface area contributed by atoms with E-state index in [1.165, 1.54) is 22.3 Å². The monoisotopic (exact) mass is 779 g/mol. The lowest BCUT2D eigenvalue weighted by Gasteiger charge is -2.11. The third-order valence-electron chi connectivity index (χ3n) is 11.4. The molecule has 0 atom stereocenters. The molecule has 2 heterocycles. The molecule has 4 heteroatoms. The molecule has 0 amide bonds. The van der Waals surface area contributed by atoms with E-state index in [2.05, 4.69) is 194 Å². The molecule has 0 unspecified atom stereocenters. The zero-order valence-electron chi connectivity index (χ0n) is 33.1. The van der Waals surface area contributed by atoms with Crippen molar-refractivity contribution in [2.24, 2.45) is 0 Å². The van der Waals surface area contributed by atoms with Gasteiger partial charge in [0, 0.05) is 33.0 Å². The molecule has 2 aromatic heterocycles. The molecule has 0 fully saturated rings. The largest absolute Gasteiger partial charge is 0.455 e. The van der Waals surface area contributed by atoms with Crippen molar-refractivity contribution in [3.8, 4) is 89.8 Å². The maximum absolute atomic E-state index is 6.73. The molecule has 61 heavy (non-hydrogen) atoms. The van der Waals surface area contributed by atoms with Gasteiger partial charge in [-0.05, 0) is 68.3 Å². The van der Waals surface area contributed by atoms with Crippen molar-refractivity contribution < 1.29 is 4.42 Å². The number of hydrogen-bond acceptors (Lipinski definition) is 4. The van der Waals surface area contributed by atoms with Gasteiger partial charge in [0.1, 0.15) is 11.2 Å². The summed E-state index contributed by atoms with van der Waals surface area (Å²) in [5, 5.41) is 1.97. The number of aromatic nitrogens is 3. The molecular weight excluding hydrogens is 743 g/mol. The molecule has 0 radical (unpaired) electrons. The van der Waals surface area contributed by atoms with E-state index in [-0.39, 0.29) is 0 Å². The topological polar surface area (TPSA) is 51.8 Å². The molecule has 0 saturated heterocycles. The van der Waals surface area contributed by atoms with Crippen molar-refractivity contribution in [2.45, 2.75) is 0 Å². The Kier molecular flexibility index (Phi) is 9.14. The Bertz CT molecular complexity index is 3320. The number of rotatable bonds is 8. The second kappa shape index (κ2) is 15.5. The summed E-state index contributed by atoms with van der Waals surface area (Å²) in [5.74, 6) is 1.77. The minimum absolute atomic E-state index is 0.579. The van der Waals surface area contributed by atoms with Crippen molar-refractivity contribution in [1.82, 2.24) is 15.0 Å². The van der Waals surface area contributed by atoms with Crippen LogP contribution in [0.2, 0.25) is 0 Å². The Morgan fingerprint density at radius 3 is 1.26 bits per heavy atom. The minimum atomic E-state index is 0.579. The summed E-state index contributed by atoms with van der Waals surface area (Å²) >= 11 is 0. The maximum atomic E-state index is 6.73. The van der Waals surface area contributed by atoms with Crippen LogP contribution in [0.3, 0.4) is 0 Å². The maximum Gasteiger partial charge on any atom is 0.164 e. The standard InChI is InChI=1S/C57H37N3O/c1-4-14-38(15-5-1)41-28-32-43(33-29-41)49-24-12-25-50-53-51(26-13-27-52(53)61-54(49)50)57-59-55(58-56(60-57)48-23-11-22-47(37-48)40-18-8-3-9-19-40)44-34-30-42(31-35-44)46-21-10-20-45(36-46)39-16-6-2-7-17-39/h1-37H. The Balaban J connectivity index is 1.03. The van der Waals surface area contributed by atoms with E-state index in [0.717, 1.165) is 72.0 Å². The van der Waals surface area contributed by atoms with Gasteiger partial charge in [-0.2, -0.15) is 0 Å². The van der Waals surface area contributed by atoms with Crippen LogP contribution in [-0.2, 0) is 0 Å². The van der Waals surface area contributed by atoms with Gasteiger partial charge in [0.15, 0.2) is 17.5 Å². The normalized spacial score (nSPS) is 11.3. The number of fused-ring (bicyclic) bond motifs is 3. The summed E-state index contributed by atoms with van der Waals surface area (Å²) in [6.45, 7) is 0. The van der Waals surface area contributed by atoms with Gasteiger partial charge in [-0.15, -0.1) is 0 Å². The first-order valence-corrected chi connectivity index (χ1v) is 20.5. The molecule has 0 aliphatic rings. The highest BCUT2D eigenvalue weighted by molar-refractivity contribution is 6.15. The van der Waals surface area contributed by atoms with Crippen molar-refractivity contribution in [3.05, 3.63) is 224 Å². The summed E-state index contributed by atoms with van der Waals surface area (Å²) in [4.78, 5) is 15.6. The lowest BCUT2D eigenvalue weighted by molar-refractivity contribution is 0.670. The number of para-hydroxylation sites is 1. The molecule has 9 aromatic carbocycles. The third-order valence-corrected chi connectivity index (χ3v) is 11.4. The van der Waals surface area contributed by atoms with Crippen molar-refractivity contribution in [3.63, 3.8) is 0 Å². The minimum Gasteiger partial charge on any atom is -0.455 e. The third kappa shape index (κ3) is 6.96. The molecule has 11 aromatic rings. The second-order valence-electron chi connectivity index (χ2n) is 15.2. The Morgan fingerprint density at radius 1 is 0.262 bits per heavy atom. The SMILES string of the molecule is c1ccc(-c2ccc(-c3cccc4c3oc3cccc(-c5nc(-c6ccc(-c7cccc(-c8ccccc8)c7)cc6)nc(-c6cccc(-c7ccccc7)c6)n5)c34)cc2)cc1. The van der Waals surface area contributed by atoms with E-state index < -0.39 is 0 Å². The van der Waals surface area contributed by atoms with E-state index in [0.29, 0.717) is 17.5 Å².